The van der Waals surface area contributed by atoms with Crippen LogP contribution in [0.4, 0.5) is 4.39 Å². The molecule has 17 heavy (non-hydrogen) atoms. The van der Waals surface area contributed by atoms with E-state index in [1.807, 2.05) is 6.07 Å². The molecule has 2 rings (SSSR count). The summed E-state index contributed by atoms with van der Waals surface area (Å²) in [5.41, 5.74) is 7.06. The van der Waals surface area contributed by atoms with Crippen molar-refractivity contribution in [1.29, 1.82) is 0 Å². The van der Waals surface area contributed by atoms with Crippen LogP contribution in [0.1, 0.15) is 31.7 Å². The smallest absolute Gasteiger partial charge is 0.123 e. The third kappa shape index (κ3) is 3.27. The third-order valence-electron chi connectivity index (χ3n) is 3.55. The quantitative estimate of drug-likeness (QED) is 0.873. The van der Waals surface area contributed by atoms with Gasteiger partial charge in [0.2, 0.25) is 0 Å². The number of piperidine rings is 1. The van der Waals surface area contributed by atoms with Gasteiger partial charge in [-0.2, -0.15) is 0 Å². The van der Waals surface area contributed by atoms with Crippen molar-refractivity contribution in [2.45, 2.75) is 44.8 Å². The fourth-order valence-electron chi connectivity index (χ4n) is 2.68. The summed E-state index contributed by atoms with van der Waals surface area (Å²) in [6.45, 7) is 3.95. The lowest BCUT2D eigenvalue weighted by Crippen LogP contribution is -2.48. The van der Waals surface area contributed by atoms with E-state index in [4.69, 9.17) is 5.73 Å². The topological polar surface area (TPSA) is 29.3 Å². The lowest BCUT2D eigenvalue weighted by atomic mass is 9.96. The van der Waals surface area contributed by atoms with Crippen LogP contribution in [0.25, 0.3) is 0 Å². The predicted octanol–water partition coefficient (Wildman–Crippen LogP) is 2.53. The summed E-state index contributed by atoms with van der Waals surface area (Å²) >= 11 is 0. The van der Waals surface area contributed by atoms with Crippen LogP contribution >= 0.6 is 0 Å². The van der Waals surface area contributed by atoms with Gasteiger partial charge in [0.05, 0.1) is 0 Å². The highest BCUT2D eigenvalue weighted by atomic mass is 19.1. The maximum absolute atomic E-state index is 13.1. The zero-order chi connectivity index (χ0) is 12.3. The molecule has 1 saturated heterocycles. The molecule has 2 N–H and O–H groups in total. The summed E-state index contributed by atoms with van der Waals surface area (Å²) in [6.07, 6.45) is 3.64. The number of nitrogens with two attached hydrogens (primary N) is 1. The minimum absolute atomic E-state index is 0.156. The molecule has 0 saturated carbocycles. The van der Waals surface area contributed by atoms with Gasteiger partial charge in [0.1, 0.15) is 5.82 Å². The Morgan fingerprint density at radius 1 is 1.47 bits per heavy atom. The van der Waals surface area contributed by atoms with Gasteiger partial charge in [-0.25, -0.2) is 4.39 Å². The zero-order valence-electron chi connectivity index (χ0n) is 10.4. The van der Waals surface area contributed by atoms with Crippen LogP contribution in [0.3, 0.4) is 0 Å². The molecule has 94 valence electrons. The molecule has 1 fully saturated rings. The molecule has 2 nitrogen and oxygen atoms in total. The second-order valence-corrected chi connectivity index (χ2v) is 5.02. The van der Waals surface area contributed by atoms with Gasteiger partial charge in [-0.1, -0.05) is 18.6 Å². The zero-order valence-corrected chi connectivity index (χ0v) is 10.4. The fraction of sp³-hybridized carbons (Fsp3) is 0.571. The van der Waals surface area contributed by atoms with Crippen molar-refractivity contribution in [3.8, 4) is 0 Å². The van der Waals surface area contributed by atoms with E-state index >= 15 is 0 Å². The van der Waals surface area contributed by atoms with Crippen LogP contribution in [0.15, 0.2) is 24.3 Å². The van der Waals surface area contributed by atoms with E-state index in [1.54, 1.807) is 12.1 Å². The van der Waals surface area contributed by atoms with Gasteiger partial charge in [-0.15, -0.1) is 0 Å². The number of benzene rings is 1. The van der Waals surface area contributed by atoms with Crippen molar-refractivity contribution in [2.75, 3.05) is 6.54 Å². The standard InChI is InChI=1S/C14H21FN2/c1-11(16)14-7-2-3-8-17(14)10-12-5-4-6-13(15)9-12/h4-6,9,11,14H,2-3,7-8,10,16H2,1H3. The van der Waals surface area contributed by atoms with Crippen molar-refractivity contribution in [3.63, 3.8) is 0 Å². The highest BCUT2D eigenvalue weighted by Gasteiger charge is 2.25. The van der Waals surface area contributed by atoms with E-state index in [0.717, 1.165) is 25.1 Å². The first kappa shape index (κ1) is 12.5. The van der Waals surface area contributed by atoms with E-state index in [2.05, 4.69) is 11.8 Å². The molecule has 0 amide bonds. The second-order valence-electron chi connectivity index (χ2n) is 5.02. The van der Waals surface area contributed by atoms with E-state index in [1.165, 1.54) is 18.9 Å². The minimum Gasteiger partial charge on any atom is -0.327 e. The molecule has 1 aromatic carbocycles. The second kappa shape index (κ2) is 5.61. The molecule has 0 radical (unpaired) electrons. The molecule has 2 unspecified atom stereocenters. The number of halogens is 1. The highest BCUT2D eigenvalue weighted by molar-refractivity contribution is 5.16. The van der Waals surface area contributed by atoms with Gasteiger partial charge in [0, 0.05) is 18.6 Å². The highest BCUT2D eigenvalue weighted by Crippen LogP contribution is 2.21. The lowest BCUT2D eigenvalue weighted by molar-refractivity contribution is 0.123. The predicted molar refractivity (Wildman–Crippen MR) is 68.1 cm³/mol. The molecule has 1 aliphatic heterocycles. The lowest BCUT2D eigenvalue weighted by Gasteiger charge is -2.38. The van der Waals surface area contributed by atoms with Crippen molar-refractivity contribution < 1.29 is 4.39 Å². The van der Waals surface area contributed by atoms with Crippen molar-refractivity contribution in [3.05, 3.63) is 35.6 Å². The first-order valence-electron chi connectivity index (χ1n) is 6.41. The number of hydrogen-bond donors (Lipinski definition) is 1. The average molecular weight is 236 g/mol. The molecule has 0 aliphatic carbocycles. The molecule has 2 atom stereocenters. The minimum atomic E-state index is -0.156. The van der Waals surface area contributed by atoms with Gasteiger partial charge < -0.3 is 5.73 Å². The Hall–Kier alpha value is -0.930. The van der Waals surface area contributed by atoms with Crippen LogP contribution in [-0.2, 0) is 6.54 Å². The third-order valence-corrected chi connectivity index (χ3v) is 3.55. The summed E-state index contributed by atoms with van der Waals surface area (Å²) in [7, 11) is 0. The van der Waals surface area contributed by atoms with Crippen LogP contribution in [-0.4, -0.2) is 23.5 Å². The van der Waals surface area contributed by atoms with Crippen LogP contribution < -0.4 is 5.73 Å². The molecular weight excluding hydrogens is 215 g/mol. The first-order valence-corrected chi connectivity index (χ1v) is 6.41. The van der Waals surface area contributed by atoms with E-state index in [0.29, 0.717) is 6.04 Å². The molecule has 1 aromatic rings. The Bertz CT molecular complexity index is 365. The molecule has 0 spiro atoms. The molecule has 0 aromatic heterocycles. The SMILES string of the molecule is CC(N)C1CCCCN1Cc1cccc(F)c1. The molecule has 1 aliphatic rings. The largest absolute Gasteiger partial charge is 0.327 e. The van der Waals surface area contributed by atoms with Gasteiger partial charge in [-0.3, -0.25) is 4.90 Å². The maximum Gasteiger partial charge on any atom is 0.123 e. The maximum atomic E-state index is 13.1. The van der Waals surface area contributed by atoms with Crippen LogP contribution in [0.2, 0.25) is 0 Å². The number of nitrogens with zero attached hydrogens (tertiary/aromatic N) is 1. The average Bonchev–Trinajstić information content (AvgIpc) is 2.29. The van der Waals surface area contributed by atoms with E-state index in [-0.39, 0.29) is 11.9 Å². The summed E-state index contributed by atoms with van der Waals surface area (Å²) in [4.78, 5) is 2.39. The Morgan fingerprint density at radius 3 is 3.00 bits per heavy atom. The van der Waals surface area contributed by atoms with Gasteiger partial charge in [0.25, 0.3) is 0 Å². The Kier molecular flexibility index (Phi) is 4.13. The van der Waals surface area contributed by atoms with Gasteiger partial charge >= 0.3 is 0 Å². The monoisotopic (exact) mass is 236 g/mol. The molecule has 3 heteroatoms. The van der Waals surface area contributed by atoms with Gasteiger partial charge in [-0.05, 0) is 44.0 Å². The molecular formula is C14H21FN2. The van der Waals surface area contributed by atoms with Gasteiger partial charge in [0.15, 0.2) is 0 Å². The summed E-state index contributed by atoms with van der Waals surface area (Å²) in [5, 5.41) is 0. The van der Waals surface area contributed by atoms with Crippen molar-refractivity contribution in [1.82, 2.24) is 4.90 Å². The number of rotatable bonds is 3. The Balaban J connectivity index is 2.05. The van der Waals surface area contributed by atoms with Crippen LogP contribution in [0.5, 0.6) is 0 Å². The van der Waals surface area contributed by atoms with E-state index in [9.17, 15) is 4.39 Å². The molecule has 0 bridgehead atoms. The van der Waals surface area contributed by atoms with Crippen LogP contribution in [0, 0.1) is 5.82 Å². The molecule has 1 heterocycles. The summed E-state index contributed by atoms with van der Waals surface area (Å²) < 4.78 is 13.1. The van der Waals surface area contributed by atoms with Crippen molar-refractivity contribution in [2.24, 2.45) is 5.73 Å². The summed E-state index contributed by atoms with van der Waals surface area (Å²) in [5.74, 6) is -0.156. The number of hydrogen-bond acceptors (Lipinski definition) is 2. The Morgan fingerprint density at radius 2 is 2.29 bits per heavy atom. The normalized spacial score (nSPS) is 23.6. The summed E-state index contributed by atoms with van der Waals surface area (Å²) in [6, 6.07) is 7.48. The Labute approximate surface area is 103 Å². The van der Waals surface area contributed by atoms with Crippen molar-refractivity contribution >= 4 is 0 Å². The first-order chi connectivity index (χ1) is 8.16. The number of likely N-dealkylation sites (tertiary alicyclic amines) is 1. The van der Waals surface area contributed by atoms with E-state index < -0.39 is 0 Å². The fourth-order valence-corrected chi connectivity index (χ4v) is 2.68.